The Labute approximate surface area is 209 Å². The highest BCUT2D eigenvalue weighted by Crippen LogP contribution is 2.32. The van der Waals surface area contributed by atoms with E-state index in [2.05, 4.69) is 36.6 Å². The van der Waals surface area contributed by atoms with Crippen molar-refractivity contribution in [3.05, 3.63) is 23.8 Å². The van der Waals surface area contributed by atoms with Gasteiger partial charge < -0.3 is 14.9 Å². The van der Waals surface area contributed by atoms with Crippen LogP contribution in [0.2, 0.25) is 0 Å². The quantitative estimate of drug-likeness (QED) is 0.185. The van der Waals surface area contributed by atoms with Gasteiger partial charge in [-0.05, 0) is 26.2 Å². The Kier molecular flexibility index (Phi) is 9.63. The van der Waals surface area contributed by atoms with Gasteiger partial charge >= 0.3 is 20.8 Å². The van der Waals surface area contributed by atoms with E-state index in [4.69, 9.17) is 14.0 Å². The largest absolute Gasteiger partial charge is 0.397 e. The molecule has 1 aromatic rings. The van der Waals surface area contributed by atoms with Gasteiger partial charge in [0.05, 0.1) is 18.9 Å². The first-order valence-corrected chi connectivity index (χ1v) is 14.0. The van der Waals surface area contributed by atoms with Gasteiger partial charge in [0.1, 0.15) is 11.8 Å². The molecular formula is C18H32N6O10S2. The normalized spacial score (nSPS) is 27.2. The molecule has 5 atom stereocenters. The van der Waals surface area contributed by atoms with Crippen LogP contribution in [0.5, 0.6) is 0 Å². The summed E-state index contributed by atoms with van der Waals surface area (Å²) in [5, 5.41) is 10.0. The summed E-state index contributed by atoms with van der Waals surface area (Å²) in [5.74, 6) is -0.755. The summed E-state index contributed by atoms with van der Waals surface area (Å²) in [6.45, 7) is 6.35. The van der Waals surface area contributed by atoms with Gasteiger partial charge in [-0.25, -0.2) is 8.37 Å². The van der Waals surface area contributed by atoms with Gasteiger partial charge in [-0.3, -0.25) is 18.8 Å². The molecule has 0 radical (unpaired) electrons. The molecule has 16 nitrogen and oxygen atoms in total. The highest BCUT2D eigenvalue weighted by Gasteiger charge is 2.48. The van der Waals surface area contributed by atoms with Crippen LogP contribution in [0.25, 0.3) is 0 Å². The third kappa shape index (κ3) is 8.60. The van der Waals surface area contributed by atoms with Crippen molar-refractivity contribution >= 4 is 20.8 Å². The van der Waals surface area contributed by atoms with Crippen LogP contribution in [0.3, 0.4) is 0 Å². The Morgan fingerprint density at radius 3 is 2.39 bits per heavy atom. The molecule has 4 N–H and O–H groups in total. The second-order valence-corrected chi connectivity index (χ2v) is 10.6. The molecule has 0 unspecified atom stereocenters. The van der Waals surface area contributed by atoms with E-state index in [-0.39, 0.29) is 6.61 Å². The Balaban J connectivity index is 1.56. The molecule has 3 heterocycles. The first kappa shape index (κ1) is 28.7. The summed E-state index contributed by atoms with van der Waals surface area (Å²) < 4.78 is 85.8. The minimum Gasteiger partial charge on any atom is -0.346 e. The lowest BCUT2D eigenvalue weighted by atomic mass is 9.92. The van der Waals surface area contributed by atoms with Gasteiger partial charge in [0.15, 0.2) is 12.4 Å². The predicted molar refractivity (Wildman–Crippen MR) is 122 cm³/mol. The number of nitrogens with one attached hydrogen (secondary N) is 2. The molecule has 0 aliphatic carbocycles. The zero-order valence-corrected chi connectivity index (χ0v) is 21.7. The van der Waals surface area contributed by atoms with Gasteiger partial charge in [-0.2, -0.15) is 16.8 Å². The van der Waals surface area contributed by atoms with E-state index in [1.807, 2.05) is 11.2 Å². The lowest BCUT2D eigenvalue weighted by molar-refractivity contribution is -0.273. The number of unbranched alkanes of at least 4 members (excludes halogenated alkanes) is 1. The van der Waals surface area contributed by atoms with Crippen molar-refractivity contribution in [2.75, 3.05) is 6.54 Å². The fraction of sp³-hybridized carbons (Fsp3) is 0.778. The number of ether oxygens (including phenoxy) is 2. The molecule has 1 aromatic heterocycles. The molecule has 0 aromatic carbocycles. The fourth-order valence-corrected chi connectivity index (χ4v) is 4.77. The lowest BCUT2D eigenvalue weighted by Crippen LogP contribution is -2.56. The van der Waals surface area contributed by atoms with Crippen molar-refractivity contribution in [2.24, 2.45) is 5.92 Å². The third-order valence-electron chi connectivity index (χ3n) is 5.74. The van der Waals surface area contributed by atoms with E-state index >= 15 is 0 Å². The number of hydrazine groups is 2. The standard InChI is InChI=1S/C18H32N6O10S2/c1-4-14-9-23(21-19-14)7-5-6-8-24-10-15(20-22-24)11-31-18-17(34-36(28,29)30)16(33-35(25,26)27)12(2)13(3)32-18/h9-10,12-13,16-19,21H,4-8,11H2,1-3H3,(H,25,26,27)(H,28,29,30)/t12-,13-,16+,17-,18-/m1/s1. The topological polar surface area (TPSA) is 204 Å². The Morgan fingerprint density at radius 2 is 1.75 bits per heavy atom. The zero-order valence-electron chi connectivity index (χ0n) is 20.0. The van der Waals surface area contributed by atoms with Gasteiger partial charge in [0, 0.05) is 30.9 Å². The number of nitrogens with zero attached hydrogens (tertiary/aromatic N) is 4. The molecule has 3 rings (SSSR count). The number of rotatable bonds is 13. The maximum absolute atomic E-state index is 11.4. The molecule has 0 bridgehead atoms. The van der Waals surface area contributed by atoms with Crippen molar-refractivity contribution in [3.63, 3.8) is 0 Å². The average Bonchev–Trinajstić information content (AvgIpc) is 3.43. The molecule has 0 saturated carbocycles. The van der Waals surface area contributed by atoms with Gasteiger partial charge in [0.2, 0.25) is 0 Å². The molecule has 1 saturated heterocycles. The van der Waals surface area contributed by atoms with Gasteiger partial charge in [-0.1, -0.05) is 19.1 Å². The first-order valence-electron chi connectivity index (χ1n) is 11.3. The summed E-state index contributed by atoms with van der Waals surface area (Å²) in [7, 11) is -10.0. The molecule has 0 amide bonds. The minimum absolute atomic E-state index is 0.191. The van der Waals surface area contributed by atoms with E-state index in [1.165, 1.54) is 6.92 Å². The third-order valence-corrected chi connectivity index (χ3v) is 6.67. The summed E-state index contributed by atoms with van der Waals surface area (Å²) >= 11 is 0. The van der Waals surface area contributed by atoms with E-state index < -0.39 is 51.3 Å². The molecule has 206 valence electrons. The number of hydrogen-bond acceptors (Lipinski definition) is 13. The number of allylic oxidation sites excluding steroid dienone is 1. The van der Waals surface area contributed by atoms with Crippen LogP contribution in [0.15, 0.2) is 18.1 Å². The maximum Gasteiger partial charge on any atom is 0.397 e. The molecule has 18 heteroatoms. The van der Waals surface area contributed by atoms with Crippen LogP contribution >= 0.6 is 0 Å². The molecule has 2 aliphatic heterocycles. The molecule has 2 aliphatic rings. The molecule has 0 spiro atoms. The van der Waals surface area contributed by atoms with Crippen molar-refractivity contribution in [1.29, 1.82) is 0 Å². The summed E-state index contributed by atoms with van der Waals surface area (Å²) in [6.07, 6.45) is 0.873. The Morgan fingerprint density at radius 1 is 1.08 bits per heavy atom. The maximum atomic E-state index is 11.4. The Bertz CT molecular complexity index is 1110. The minimum atomic E-state index is -5.05. The van der Waals surface area contributed by atoms with Crippen molar-refractivity contribution < 1.29 is 43.8 Å². The Hall–Kier alpha value is -1.90. The van der Waals surface area contributed by atoms with E-state index in [0.29, 0.717) is 12.2 Å². The molecular weight excluding hydrogens is 524 g/mol. The van der Waals surface area contributed by atoms with Crippen LogP contribution in [0.4, 0.5) is 0 Å². The number of aryl methyl sites for hydroxylation is 1. The smallest absolute Gasteiger partial charge is 0.346 e. The van der Waals surface area contributed by atoms with E-state index in [1.54, 1.807) is 17.8 Å². The number of aromatic nitrogens is 3. The highest BCUT2D eigenvalue weighted by atomic mass is 32.3. The van der Waals surface area contributed by atoms with Crippen molar-refractivity contribution in [2.45, 2.75) is 77.8 Å². The highest BCUT2D eigenvalue weighted by molar-refractivity contribution is 7.81. The summed E-state index contributed by atoms with van der Waals surface area (Å²) in [4.78, 5) is 0. The second-order valence-electron chi connectivity index (χ2n) is 8.48. The van der Waals surface area contributed by atoms with Crippen LogP contribution in [-0.4, -0.2) is 77.1 Å². The van der Waals surface area contributed by atoms with Gasteiger partial charge in [-0.15, -0.1) is 10.6 Å². The van der Waals surface area contributed by atoms with E-state index in [9.17, 15) is 21.4 Å². The first-order chi connectivity index (χ1) is 16.8. The second kappa shape index (κ2) is 12.1. The van der Waals surface area contributed by atoms with Crippen LogP contribution < -0.4 is 11.0 Å². The zero-order chi connectivity index (χ0) is 26.5. The van der Waals surface area contributed by atoms with E-state index in [0.717, 1.165) is 31.5 Å². The summed E-state index contributed by atoms with van der Waals surface area (Å²) in [5.41, 5.74) is 7.63. The SMILES string of the molecule is CCC1=CN(CCCCn2cc(CO[C@@H]3O[C@H](C)[C@@H](C)[C@H](OS(=O)(=O)O)[C@H]3OS(=O)(=O)O)nn2)NN1. The van der Waals surface area contributed by atoms with Gasteiger partial charge in [0.25, 0.3) is 0 Å². The van der Waals surface area contributed by atoms with Crippen LogP contribution in [0.1, 0.15) is 45.7 Å². The monoisotopic (exact) mass is 556 g/mol. The summed E-state index contributed by atoms with van der Waals surface area (Å²) in [6, 6.07) is 0. The lowest BCUT2D eigenvalue weighted by Gasteiger charge is -2.42. The fourth-order valence-electron chi connectivity index (χ4n) is 3.73. The van der Waals surface area contributed by atoms with Crippen LogP contribution in [0, 0.1) is 5.92 Å². The molecule has 1 fully saturated rings. The van der Waals surface area contributed by atoms with Crippen molar-refractivity contribution in [1.82, 2.24) is 31.0 Å². The average molecular weight is 557 g/mol. The predicted octanol–water partition coefficient (Wildman–Crippen LogP) is -0.0920. The van der Waals surface area contributed by atoms with Crippen LogP contribution in [-0.2, 0) is 51.8 Å². The number of hydrogen-bond donors (Lipinski definition) is 4. The molecule has 36 heavy (non-hydrogen) atoms. The van der Waals surface area contributed by atoms with Crippen molar-refractivity contribution in [3.8, 4) is 0 Å².